The largest absolute Gasteiger partial charge is 0.377 e. The Balaban J connectivity index is 2.05. The summed E-state index contributed by atoms with van der Waals surface area (Å²) < 4.78 is 5.52. The van der Waals surface area contributed by atoms with Gasteiger partial charge in [-0.2, -0.15) is 0 Å². The molecule has 0 radical (unpaired) electrons. The molecule has 1 unspecified atom stereocenters. The summed E-state index contributed by atoms with van der Waals surface area (Å²) in [5.41, 5.74) is 1.21. The van der Waals surface area contributed by atoms with Crippen molar-refractivity contribution in [1.82, 2.24) is 0 Å². The van der Waals surface area contributed by atoms with Gasteiger partial charge in [0.15, 0.2) is 0 Å². The molecule has 1 rings (SSSR count). The number of benzene rings is 1. The van der Waals surface area contributed by atoms with Crippen LogP contribution in [0.4, 0.5) is 0 Å². The van der Waals surface area contributed by atoms with Crippen LogP contribution in [-0.4, -0.2) is 12.0 Å². The van der Waals surface area contributed by atoms with E-state index in [0.717, 1.165) is 19.4 Å². The monoisotopic (exact) mass is 224 g/mol. The van der Waals surface area contributed by atoms with Gasteiger partial charge in [0.05, 0.1) is 12.0 Å². The molecule has 0 bridgehead atoms. The highest BCUT2D eigenvalue weighted by Gasteiger charge is 1.98. The van der Waals surface area contributed by atoms with Crippen molar-refractivity contribution >= 4 is 11.6 Å². The van der Waals surface area contributed by atoms with Crippen LogP contribution in [0.2, 0.25) is 0 Å². The molecule has 2 heteroatoms. The zero-order valence-electron chi connectivity index (χ0n) is 8.86. The molecule has 0 aliphatic rings. The van der Waals surface area contributed by atoms with Gasteiger partial charge >= 0.3 is 0 Å². The average Bonchev–Trinajstić information content (AvgIpc) is 2.29. The number of allylic oxidation sites excluding steroid dienone is 1. The summed E-state index contributed by atoms with van der Waals surface area (Å²) in [5, 5.41) is 0.0744. The minimum atomic E-state index is 0.0744. The van der Waals surface area contributed by atoms with E-state index in [9.17, 15) is 0 Å². The van der Waals surface area contributed by atoms with Gasteiger partial charge in [-0.3, -0.25) is 0 Å². The maximum Gasteiger partial charge on any atom is 0.0716 e. The zero-order chi connectivity index (χ0) is 10.9. The first-order valence-electron chi connectivity index (χ1n) is 5.21. The van der Waals surface area contributed by atoms with Crippen LogP contribution in [0.5, 0.6) is 0 Å². The van der Waals surface area contributed by atoms with Crippen molar-refractivity contribution in [2.45, 2.75) is 24.8 Å². The summed E-state index contributed by atoms with van der Waals surface area (Å²) in [4.78, 5) is 0. The minimum Gasteiger partial charge on any atom is -0.377 e. The molecule has 1 aromatic rings. The van der Waals surface area contributed by atoms with Crippen molar-refractivity contribution in [1.29, 1.82) is 0 Å². The molecule has 0 aliphatic carbocycles. The SMILES string of the molecule is C=CC(Cl)CCCOCc1ccccc1. The van der Waals surface area contributed by atoms with E-state index in [1.165, 1.54) is 5.56 Å². The average molecular weight is 225 g/mol. The van der Waals surface area contributed by atoms with Crippen molar-refractivity contribution in [2.24, 2.45) is 0 Å². The fraction of sp³-hybridized carbons (Fsp3) is 0.385. The number of rotatable bonds is 7. The molecule has 0 heterocycles. The Kier molecular flexibility index (Phi) is 6.14. The quantitative estimate of drug-likeness (QED) is 0.389. The molecule has 0 amide bonds. The van der Waals surface area contributed by atoms with Gasteiger partial charge in [-0.05, 0) is 18.4 Å². The summed E-state index contributed by atoms with van der Waals surface area (Å²) in [5.74, 6) is 0. The highest BCUT2D eigenvalue weighted by molar-refractivity contribution is 6.21. The van der Waals surface area contributed by atoms with Gasteiger partial charge in [0.25, 0.3) is 0 Å². The zero-order valence-corrected chi connectivity index (χ0v) is 9.62. The van der Waals surface area contributed by atoms with Gasteiger partial charge in [-0.25, -0.2) is 0 Å². The lowest BCUT2D eigenvalue weighted by Gasteiger charge is -2.05. The van der Waals surface area contributed by atoms with Gasteiger partial charge < -0.3 is 4.74 Å². The Morgan fingerprint density at radius 2 is 2.07 bits per heavy atom. The molecule has 1 nitrogen and oxygen atoms in total. The van der Waals surface area contributed by atoms with E-state index in [-0.39, 0.29) is 5.38 Å². The fourth-order valence-electron chi connectivity index (χ4n) is 1.26. The van der Waals surface area contributed by atoms with Crippen molar-refractivity contribution in [3.8, 4) is 0 Å². The summed E-state index contributed by atoms with van der Waals surface area (Å²) >= 11 is 5.89. The third-order valence-electron chi connectivity index (χ3n) is 2.14. The van der Waals surface area contributed by atoms with Crippen LogP contribution in [0.15, 0.2) is 43.0 Å². The van der Waals surface area contributed by atoms with E-state index in [0.29, 0.717) is 6.61 Å². The smallest absolute Gasteiger partial charge is 0.0716 e. The van der Waals surface area contributed by atoms with E-state index >= 15 is 0 Å². The lowest BCUT2D eigenvalue weighted by molar-refractivity contribution is 0.117. The Labute approximate surface area is 96.7 Å². The first-order chi connectivity index (χ1) is 7.33. The summed E-state index contributed by atoms with van der Waals surface area (Å²) in [6.07, 6.45) is 3.67. The number of halogens is 1. The molecular formula is C13H17ClO. The normalized spacial score (nSPS) is 12.3. The molecule has 0 saturated carbocycles. The number of ether oxygens (including phenoxy) is 1. The maximum absolute atomic E-state index is 5.89. The third kappa shape index (κ3) is 5.60. The van der Waals surface area contributed by atoms with E-state index in [4.69, 9.17) is 16.3 Å². The Hall–Kier alpha value is -0.790. The number of alkyl halides is 1. The second kappa shape index (κ2) is 7.49. The molecule has 1 atom stereocenters. The van der Waals surface area contributed by atoms with Crippen LogP contribution in [0.25, 0.3) is 0 Å². The predicted molar refractivity (Wildman–Crippen MR) is 65.2 cm³/mol. The second-order valence-electron chi connectivity index (χ2n) is 3.43. The third-order valence-corrected chi connectivity index (χ3v) is 2.53. The maximum atomic E-state index is 5.89. The van der Waals surface area contributed by atoms with Crippen LogP contribution in [0, 0.1) is 0 Å². The second-order valence-corrected chi connectivity index (χ2v) is 3.99. The number of hydrogen-bond acceptors (Lipinski definition) is 1. The summed E-state index contributed by atoms with van der Waals surface area (Å²) in [6, 6.07) is 10.2. The molecular weight excluding hydrogens is 208 g/mol. The number of hydrogen-bond donors (Lipinski definition) is 0. The lowest BCUT2D eigenvalue weighted by Crippen LogP contribution is -1.99. The van der Waals surface area contributed by atoms with E-state index in [1.54, 1.807) is 6.08 Å². The Bertz CT molecular complexity index is 271. The van der Waals surface area contributed by atoms with Gasteiger partial charge in [-0.1, -0.05) is 36.4 Å². The van der Waals surface area contributed by atoms with E-state index < -0.39 is 0 Å². The lowest BCUT2D eigenvalue weighted by atomic mass is 10.2. The molecule has 0 aliphatic heterocycles. The van der Waals surface area contributed by atoms with E-state index in [2.05, 4.69) is 18.7 Å². The van der Waals surface area contributed by atoms with Crippen molar-refractivity contribution in [2.75, 3.05) is 6.61 Å². The molecule has 0 N–H and O–H groups in total. The first-order valence-corrected chi connectivity index (χ1v) is 5.65. The molecule has 15 heavy (non-hydrogen) atoms. The van der Waals surface area contributed by atoms with Gasteiger partial charge in [0.1, 0.15) is 0 Å². The minimum absolute atomic E-state index is 0.0744. The molecule has 0 saturated heterocycles. The topological polar surface area (TPSA) is 9.23 Å². The van der Waals surface area contributed by atoms with Crippen molar-refractivity contribution < 1.29 is 4.74 Å². The standard InChI is InChI=1S/C13H17ClO/c1-2-13(14)9-6-10-15-11-12-7-4-3-5-8-12/h2-5,7-8,13H,1,6,9-11H2. The highest BCUT2D eigenvalue weighted by atomic mass is 35.5. The van der Waals surface area contributed by atoms with Crippen molar-refractivity contribution in [3.63, 3.8) is 0 Å². The van der Waals surface area contributed by atoms with Crippen LogP contribution in [0.1, 0.15) is 18.4 Å². The van der Waals surface area contributed by atoms with Crippen LogP contribution in [0.3, 0.4) is 0 Å². The molecule has 0 fully saturated rings. The predicted octanol–water partition coefficient (Wildman–Crippen LogP) is 3.78. The summed E-state index contributed by atoms with van der Waals surface area (Å²) in [6.45, 7) is 5.07. The molecule has 82 valence electrons. The van der Waals surface area contributed by atoms with Gasteiger partial charge in [0, 0.05) is 6.61 Å². The van der Waals surface area contributed by atoms with Crippen LogP contribution < -0.4 is 0 Å². The van der Waals surface area contributed by atoms with Crippen molar-refractivity contribution in [3.05, 3.63) is 48.6 Å². The highest BCUT2D eigenvalue weighted by Crippen LogP contribution is 2.07. The fourth-order valence-corrected chi connectivity index (χ4v) is 1.42. The van der Waals surface area contributed by atoms with Gasteiger partial charge in [-0.15, -0.1) is 18.2 Å². The Morgan fingerprint density at radius 3 is 2.73 bits per heavy atom. The molecule has 0 spiro atoms. The van der Waals surface area contributed by atoms with E-state index in [1.807, 2.05) is 18.2 Å². The first kappa shape index (κ1) is 12.3. The van der Waals surface area contributed by atoms with Crippen LogP contribution in [-0.2, 0) is 11.3 Å². The summed E-state index contributed by atoms with van der Waals surface area (Å²) in [7, 11) is 0. The molecule has 0 aromatic heterocycles. The van der Waals surface area contributed by atoms with Gasteiger partial charge in [0.2, 0.25) is 0 Å². The van der Waals surface area contributed by atoms with Crippen LogP contribution >= 0.6 is 11.6 Å². The Morgan fingerprint density at radius 1 is 1.33 bits per heavy atom. The molecule has 1 aromatic carbocycles.